The Balaban J connectivity index is 2.06. The van der Waals surface area contributed by atoms with E-state index in [1.54, 1.807) is 17.8 Å². The van der Waals surface area contributed by atoms with E-state index in [9.17, 15) is 4.79 Å². The Hall–Kier alpha value is -1.94. The first-order valence-corrected chi connectivity index (χ1v) is 6.84. The maximum absolute atomic E-state index is 11.4. The number of benzene rings is 2. The van der Waals surface area contributed by atoms with Gasteiger partial charge in [0.15, 0.2) is 0 Å². The molecule has 2 aromatic carbocycles. The third kappa shape index (κ3) is 3.51. The lowest BCUT2D eigenvalue weighted by Crippen LogP contribution is -2.05. The summed E-state index contributed by atoms with van der Waals surface area (Å²) in [6.07, 6.45) is 0. The largest absolute Gasteiger partial charge is 0.465 e. The summed E-state index contributed by atoms with van der Waals surface area (Å²) in [5.74, 6) is 0.412. The van der Waals surface area contributed by atoms with Crippen molar-refractivity contribution >= 4 is 23.4 Å². The maximum Gasteiger partial charge on any atom is 0.339 e. The van der Waals surface area contributed by atoms with Gasteiger partial charge in [-0.2, -0.15) is 0 Å². The van der Waals surface area contributed by atoms with Gasteiger partial charge in [0.05, 0.1) is 12.7 Å². The van der Waals surface area contributed by atoms with Crippen LogP contribution >= 0.6 is 11.8 Å². The van der Waals surface area contributed by atoms with Crippen molar-refractivity contribution in [2.24, 2.45) is 0 Å². The zero-order valence-electron chi connectivity index (χ0n) is 10.6. The van der Waals surface area contributed by atoms with E-state index in [4.69, 9.17) is 5.73 Å². The summed E-state index contributed by atoms with van der Waals surface area (Å²) in [5.41, 5.74) is 7.81. The zero-order valence-corrected chi connectivity index (χ0v) is 11.4. The van der Waals surface area contributed by atoms with Crippen LogP contribution in [0.4, 0.5) is 5.69 Å². The number of ether oxygens (including phenoxy) is 1. The van der Waals surface area contributed by atoms with Gasteiger partial charge in [-0.1, -0.05) is 24.3 Å². The molecule has 0 saturated carbocycles. The lowest BCUT2D eigenvalue weighted by Gasteiger charge is -2.07. The van der Waals surface area contributed by atoms with E-state index in [-0.39, 0.29) is 0 Å². The van der Waals surface area contributed by atoms with E-state index in [1.165, 1.54) is 12.0 Å². The number of hydrogen-bond donors (Lipinski definition) is 1. The third-order valence-corrected chi connectivity index (χ3v) is 3.75. The van der Waals surface area contributed by atoms with Gasteiger partial charge < -0.3 is 10.5 Å². The lowest BCUT2D eigenvalue weighted by molar-refractivity contribution is 0.0602. The Morgan fingerprint density at radius 1 is 1.21 bits per heavy atom. The second-order valence-electron chi connectivity index (χ2n) is 4.01. The minimum atomic E-state index is -0.403. The van der Waals surface area contributed by atoms with E-state index in [0.717, 1.165) is 11.3 Å². The molecule has 2 N–H and O–H groups in total. The Morgan fingerprint density at radius 3 is 2.58 bits per heavy atom. The van der Waals surface area contributed by atoms with Crippen LogP contribution in [0.25, 0.3) is 0 Å². The standard InChI is InChI=1S/C15H15NO2S/c1-18-15(17)13-8-7-11(9-14(13)16)10-19-12-5-3-2-4-6-12/h2-9H,10,16H2,1H3. The molecule has 0 aliphatic rings. The number of anilines is 1. The second-order valence-corrected chi connectivity index (χ2v) is 5.06. The van der Waals surface area contributed by atoms with E-state index in [0.29, 0.717) is 11.3 Å². The highest BCUT2D eigenvalue weighted by Crippen LogP contribution is 2.24. The molecule has 0 saturated heterocycles. The van der Waals surface area contributed by atoms with Gasteiger partial charge in [-0.25, -0.2) is 4.79 Å². The Bertz CT molecular complexity index is 570. The van der Waals surface area contributed by atoms with Crippen LogP contribution in [-0.2, 0) is 10.5 Å². The van der Waals surface area contributed by atoms with E-state index >= 15 is 0 Å². The molecule has 0 fully saturated rings. The van der Waals surface area contributed by atoms with Crippen LogP contribution < -0.4 is 5.73 Å². The van der Waals surface area contributed by atoms with Crippen LogP contribution in [0, 0.1) is 0 Å². The number of carbonyl (C=O) groups is 1. The van der Waals surface area contributed by atoms with Crippen molar-refractivity contribution in [3.05, 3.63) is 59.7 Å². The third-order valence-electron chi connectivity index (χ3n) is 2.67. The molecule has 0 aliphatic carbocycles. The molecule has 0 amide bonds. The van der Waals surface area contributed by atoms with Gasteiger partial charge in [-0.3, -0.25) is 0 Å². The number of carbonyl (C=O) groups excluding carboxylic acids is 1. The summed E-state index contributed by atoms with van der Waals surface area (Å²) >= 11 is 1.73. The second kappa shape index (κ2) is 6.29. The van der Waals surface area contributed by atoms with Gasteiger partial charge in [-0.15, -0.1) is 11.8 Å². The van der Waals surface area contributed by atoms with E-state index in [2.05, 4.69) is 16.9 Å². The first-order chi connectivity index (χ1) is 9.20. The molecule has 4 heteroatoms. The molecule has 0 radical (unpaired) electrons. The number of rotatable bonds is 4. The fraction of sp³-hybridized carbons (Fsp3) is 0.133. The van der Waals surface area contributed by atoms with Crippen LogP contribution in [0.1, 0.15) is 15.9 Å². The number of hydrogen-bond acceptors (Lipinski definition) is 4. The van der Waals surface area contributed by atoms with Crippen molar-refractivity contribution in [2.45, 2.75) is 10.6 Å². The predicted octanol–water partition coefficient (Wildman–Crippen LogP) is 3.35. The predicted molar refractivity (Wildman–Crippen MR) is 78.2 cm³/mol. The number of nitrogen functional groups attached to an aromatic ring is 1. The quantitative estimate of drug-likeness (QED) is 0.527. The van der Waals surface area contributed by atoms with Crippen LogP contribution in [-0.4, -0.2) is 13.1 Å². The van der Waals surface area contributed by atoms with Crippen LogP contribution in [0.5, 0.6) is 0 Å². The minimum absolute atomic E-state index is 0.403. The highest BCUT2D eigenvalue weighted by atomic mass is 32.2. The molecule has 0 aliphatic heterocycles. The molecule has 0 bridgehead atoms. The van der Waals surface area contributed by atoms with Crippen molar-refractivity contribution in [3.63, 3.8) is 0 Å². The van der Waals surface area contributed by atoms with Crippen molar-refractivity contribution in [1.82, 2.24) is 0 Å². The summed E-state index contributed by atoms with van der Waals surface area (Å²) < 4.78 is 4.66. The number of esters is 1. The molecule has 3 nitrogen and oxygen atoms in total. The van der Waals surface area contributed by atoms with Crippen molar-refractivity contribution in [3.8, 4) is 0 Å². The van der Waals surface area contributed by atoms with E-state index < -0.39 is 5.97 Å². The number of nitrogens with two attached hydrogens (primary N) is 1. The first-order valence-electron chi connectivity index (χ1n) is 5.85. The summed E-state index contributed by atoms with van der Waals surface area (Å²) in [6.45, 7) is 0. The average molecular weight is 273 g/mol. The fourth-order valence-corrected chi connectivity index (χ4v) is 2.54. The first kappa shape index (κ1) is 13.5. The van der Waals surface area contributed by atoms with E-state index in [1.807, 2.05) is 30.3 Å². The highest BCUT2D eigenvalue weighted by Gasteiger charge is 2.09. The molecule has 2 aromatic rings. The fourth-order valence-electron chi connectivity index (χ4n) is 1.68. The molecule has 98 valence electrons. The van der Waals surface area contributed by atoms with Crippen LogP contribution in [0.2, 0.25) is 0 Å². The molecule has 0 unspecified atom stereocenters. The van der Waals surface area contributed by atoms with Gasteiger partial charge in [0.25, 0.3) is 0 Å². The van der Waals surface area contributed by atoms with Gasteiger partial charge >= 0.3 is 5.97 Å². The summed E-state index contributed by atoms with van der Waals surface area (Å²) in [7, 11) is 1.35. The SMILES string of the molecule is COC(=O)c1ccc(CSc2ccccc2)cc1N. The summed E-state index contributed by atoms with van der Waals surface area (Å²) in [6, 6.07) is 15.6. The van der Waals surface area contributed by atoms with Gasteiger partial charge in [0, 0.05) is 16.3 Å². The number of thioether (sulfide) groups is 1. The normalized spacial score (nSPS) is 10.2. The molecular formula is C15H15NO2S. The van der Waals surface area contributed by atoms with Gasteiger partial charge in [0.1, 0.15) is 0 Å². The molecule has 0 spiro atoms. The van der Waals surface area contributed by atoms with Crippen molar-refractivity contribution in [1.29, 1.82) is 0 Å². The molecule has 0 aromatic heterocycles. The maximum atomic E-state index is 11.4. The average Bonchev–Trinajstić information content (AvgIpc) is 2.45. The number of methoxy groups -OCH3 is 1. The topological polar surface area (TPSA) is 52.3 Å². The van der Waals surface area contributed by atoms with Gasteiger partial charge in [-0.05, 0) is 29.8 Å². The molecular weight excluding hydrogens is 258 g/mol. The molecule has 0 atom stereocenters. The Labute approximate surface area is 116 Å². The summed E-state index contributed by atoms with van der Waals surface area (Å²) in [5, 5.41) is 0. The molecule has 19 heavy (non-hydrogen) atoms. The Kier molecular flexibility index (Phi) is 4.47. The summed E-state index contributed by atoms with van der Waals surface area (Å²) in [4.78, 5) is 12.6. The van der Waals surface area contributed by atoms with Crippen molar-refractivity contribution in [2.75, 3.05) is 12.8 Å². The monoisotopic (exact) mass is 273 g/mol. The minimum Gasteiger partial charge on any atom is -0.465 e. The van der Waals surface area contributed by atoms with Crippen molar-refractivity contribution < 1.29 is 9.53 Å². The van der Waals surface area contributed by atoms with Gasteiger partial charge in [0.2, 0.25) is 0 Å². The van der Waals surface area contributed by atoms with Crippen LogP contribution in [0.3, 0.4) is 0 Å². The Morgan fingerprint density at radius 2 is 1.95 bits per heavy atom. The smallest absolute Gasteiger partial charge is 0.339 e. The lowest BCUT2D eigenvalue weighted by atomic mass is 10.1. The molecule has 0 heterocycles. The highest BCUT2D eigenvalue weighted by molar-refractivity contribution is 7.98. The zero-order chi connectivity index (χ0) is 13.7. The van der Waals surface area contributed by atoms with Crippen LogP contribution in [0.15, 0.2) is 53.4 Å². The molecule has 2 rings (SSSR count).